The van der Waals surface area contributed by atoms with Gasteiger partial charge < -0.3 is 5.32 Å². The van der Waals surface area contributed by atoms with Gasteiger partial charge in [0.2, 0.25) is 0 Å². The molecule has 1 fully saturated rings. The average Bonchev–Trinajstić information content (AvgIpc) is 2.76. The number of hydrogen-bond acceptors (Lipinski definition) is 4. The predicted octanol–water partition coefficient (Wildman–Crippen LogP) is 2.07. The van der Waals surface area contributed by atoms with Crippen LogP contribution < -0.4 is 5.32 Å². The van der Waals surface area contributed by atoms with Crippen molar-refractivity contribution in [2.45, 2.75) is 42.9 Å². The highest BCUT2D eigenvalue weighted by Crippen LogP contribution is 2.31. The van der Waals surface area contributed by atoms with E-state index < -0.39 is 10.0 Å². The minimum atomic E-state index is -3.28. The van der Waals surface area contributed by atoms with Gasteiger partial charge in [-0.1, -0.05) is 13.3 Å². The zero-order valence-electron chi connectivity index (χ0n) is 11.6. The first-order valence-electron chi connectivity index (χ1n) is 6.83. The van der Waals surface area contributed by atoms with Gasteiger partial charge in [-0.15, -0.1) is 11.3 Å². The van der Waals surface area contributed by atoms with E-state index in [4.69, 9.17) is 0 Å². The number of sulfonamides is 1. The van der Waals surface area contributed by atoms with Gasteiger partial charge in [0.1, 0.15) is 4.21 Å². The molecular weight excluding hydrogens is 280 g/mol. The largest absolute Gasteiger partial charge is 0.317 e. The Labute approximate surface area is 119 Å². The summed E-state index contributed by atoms with van der Waals surface area (Å²) in [4.78, 5) is 1.13. The molecule has 1 aromatic heterocycles. The van der Waals surface area contributed by atoms with Gasteiger partial charge in [-0.25, -0.2) is 8.42 Å². The van der Waals surface area contributed by atoms with Crippen LogP contribution in [-0.2, 0) is 16.4 Å². The zero-order chi connectivity index (χ0) is 13.9. The summed E-state index contributed by atoms with van der Waals surface area (Å²) in [6, 6.07) is 3.89. The highest BCUT2D eigenvalue weighted by atomic mass is 32.2. The van der Waals surface area contributed by atoms with Crippen molar-refractivity contribution in [3.05, 3.63) is 17.0 Å². The molecule has 0 radical (unpaired) electrons. The minimum absolute atomic E-state index is 0.206. The molecule has 2 rings (SSSR count). The molecule has 1 saturated carbocycles. The van der Waals surface area contributed by atoms with Crippen molar-refractivity contribution < 1.29 is 8.42 Å². The first-order valence-corrected chi connectivity index (χ1v) is 9.09. The number of likely N-dealkylation sites (N-methyl/N-ethyl adjacent to an activating group) is 1. The third-order valence-corrected chi connectivity index (χ3v) is 7.18. The number of thiophene rings is 1. The van der Waals surface area contributed by atoms with Gasteiger partial charge in [0.05, 0.1) is 0 Å². The van der Waals surface area contributed by atoms with Crippen LogP contribution >= 0.6 is 11.3 Å². The molecule has 0 saturated heterocycles. The lowest BCUT2D eigenvalue weighted by Crippen LogP contribution is -2.40. The smallest absolute Gasteiger partial charge is 0.252 e. The molecule has 108 valence electrons. The molecule has 0 spiro atoms. The van der Waals surface area contributed by atoms with Crippen LogP contribution in [0.5, 0.6) is 0 Å². The fourth-order valence-corrected chi connectivity index (χ4v) is 5.07. The van der Waals surface area contributed by atoms with Gasteiger partial charge in [0, 0.05) is 18.0 Å². The third kappa shape index (κ3) is 3.37. The summed E-state index contributed by atoms with van der Waals surface area (Å²) >= 11 is 1.40. The van der Waals surface area contributed by atoms with E-state index in [1.165, 1.54) is 11.3 Å². The number of nitrogens with one attached hydrogen (secondary N) is 1. The van der Waals surface area contributed by atoms with Crippen molar-refractivity contribution in [1.82, 2.24) is 9.62 Å². The van der Waals surface area contributed by atoms with E-state index >= 15 is 0 Å². The van der Waals surface area contributed by atoms with E-state index in [1.54, 1.807) is 17.4 Å². The number of rotatable bonds is 7. The summed E-state index contributed by atoms with van der Waals surface area (Å²) in [7, 11) is -1.57. The molecule has 0 aliphatic heterocycles. The minimum Gasteiger partial charge on any atom is -0.317 e. The third-order valence-electron chi connectivity index (χ3n) is 3.66. The summed E-state index contributed by atoms with van der Waals surface area (Å²) in [5, 5.41) is 3.25. The van der Waals surface area contributed by atoms with E-state index in [9.17, 15) is 8.42 Å². The lowest BCUT2D eigenvalue weighted by molar-refractivity contribution is 0.250. The molecule has 1 N–H and O–H groups in total. The normalized spacial score (nSPS) is 16.8. The standard InChI is InChI=1S/C13H22N2O2S2/c1-3-14-10-9-12-7-8-13(18-12)19(16,17)15(2)11-5-4-6-11/h7-8,11,14H,3-6,9-10H2,1-2H3. The Bertz CT molecular complexity index is 506. The lowest BCUT2D eigenvalue weighted by atomic mass is 9.94. The zero-order valence-corrected chi connectivity index (χ0v) is 13.2. The second-order valence-corrected chi connectivity index (χ2v) is 8.32. The Morgan fingerprint density at radius 2 is 2.16 bits per heavy atom. The van der Waals surface area contributed by atoms with Crippen molar-refractivity contribution in [2.75, 3.05) is 20.1 Å². The first-order chi connectivity index (χ1) is 9.05. The van der Waals surface area contributed by atoms with Gasteiger partial charge in [-0.2, -0.15) is 4.31 Å². The second kappa shape index (κ2) is 6.35. The van der Waals surface area contributed by atoms with Crippen molar-refractivity contribution in [1.29, 1.82) is 0 Å². The Kier molecular flexibility index (Phi) is 5.00. The Balaban J connectivity index is 2.03. The summed E-state index contributed by atoms with van der Waals surface area (Å²) in [5.41, 5.74) is 0. The quantitative estimate of drug-likeness (QED) is 0.785. The van der Waals surface area contributed by atoms with Crippen LogP contribution in [0.4, 0.5) is 0 Å². The average molecular weight is 302 g/mol. The first kappa shape index (κ1) is 15.0. The fourth-order valence-electron chi connectivity index (χ4n) is 2.11. The summed E-state index contributed by atoms with van der Waals surface area (Å²) in [6.07, 6.45) is 4.02. The second-order valence-electron chi connectivity index (χ2n) is 4.93. The SMILES string of the molecule is CCNCCc1ccc(S(=O)(=O)N(C)C2CCC2)s1. The summed E-state index contributed by atoms with van der Waals surface area (Å²) < 4.78 is 26.9. The van der Waals surface area contributed by atoms with Crippen LogP contribution in [0, 0.1) is 0 Å². The van der Waals surface area contributed by atoms with Crippen LogP contribution in [-0.4, -0.2) is 38.9 Å². The molecule has 1 aromatic rings. The molecule has 6 heteroatoms. The number of hydrogen-bond donors (Lipinski definition) is 1. The topological polar surface area (TPSA) is 49.4 Å². The Morgan fingerprint density at radius 1 is 1.42 bits per heavy atom. The molecule has 1 heterocycles. The molecular formula is C13H22N2O2S2. The van der Waals surface area contributed by atoms with Crippen LogP contribution in [0.2, 0.25) is 0 Å². The van der Waals surface area contributed by atoms with Gasteiger partial charge in [0.15, 0.2) is 0 Å². The molecule has 0 amide bonds. The predicted molar refractivity (Wildman–Crippen MR) is 79.2 cm³/mol. The molecule has 1 aliphatic carbocycles. The highest BCUT2D eigenvalue weighted by Gasteiger charge is 2.32. The Hall–Kier alpha value is -0.430. The summed E-state index contributed by atoms with van der Waals surface area (Å²) in [5.74, 6) is 0. The Morgan fingerprint density at radius 3 is 2.74 bits per heavy atom. The van der Waals surface area contributed by atoms with E-state index in [1.807, 2.05) is 6.07 Å². The molecule has 0 aromatic carbocycles. The van der Waals surface area contributed by atoms with Gasteiger partial charge in [-0.3, -0.25) is 0 Å². The molecule has 19 heavy (non-hydrogen) atoms. The van der Waals surface area contributed by atoms with Gasteiger partial charge in [-0.05, 0) is 44.5 Å². The molecule has 0 bridgehead atoms. The monoisotopic (exact) mass is 302 g/mol. The van der Waals surface area contributed by atoms with E-state index in [-0.39, 0.29) is 6.04 Å². The summed E-state index contributed by atoms with van der Waals surface area (Å²) in [6.45, 7) is 3.91. The van der Waals surface area contributed by atoms with E-state index in [0.717, 1.165) is 43.6 Å². The molecule has 1 aliphatic rings. The maximum atomic E-state index is 12.4. The molecule has 4 nitrogen and oxygen atoms in total. The highest BCUT2D eigenvalue weighted by molar-refractivity contribution is 7.91. The van der Waals surface area contributed by atoms with Crippen LogP contribution in [0.25, 0.3) is 0 Å². The maximum absolute atomic E-state index is 12.4. The maximum Gasteiger partial charge on any atom is 0.252 e. The van der Waals surface area contributed by atoms with E-state index in [0.29, 0.717) is 4.21 Å². The van der Waals surface area contributed by atoms with Crippen LogP contribution in [0.3, 0.4) is 0 Å². The number of nitrogens with zero attached hydrogens (tertiary/aromatic N) is 1. The molecule has 0 unspecified atom stereocenters. The van der Waals surface area contributed by atoms with Crippen LogP contribution in [0.15, 0.2) is 16.3 Å². The van der Waals surface area contributed by atoms with Crippen molar-refractivity contribution in [3.63, 3.8) is 0 Å². The fraction of sp³-hybridized carbons (Fsp3) is 0.692. The van der Waals surface area contributed by atoms with Crippen molar-refractivity contribution in [2.24, 2.45) is 0 Å². The van der Waals surface area contributed by atoms with Crippen molar-refractivity contribution >= 4 is 21.4 Å². The van der Waals surface area contributed by atoms with E-state index in [2.05, 4.69) is 12.2 Å². The van der Waals surface area contributed by atoms with Crippen LogP contribution in [0.1, 0.15) is 31.1 Å². The van der Waals surface area contributed by atoms with Gasteiger partial charge >= 0.3 is 0 Å². The molecule has 0 atom stereocenters. The van der Waals surface area contributed by atoms with Crippen molar-refractivity contribution in [3.8, 4) is 0 Å². The van der Waals surface area contributed by atoms with Gasteiger partial charge in [0.25, 0.3) is 10.0 Å². The lowest BCUT2D eigenvalue weighted by Gasteiger charge is -2.33.